The molecule has 0 amide bonds. The van der Waals surface area contributed by atoms with Gasteiger partial charge in [0.1, 0.15) is 0 Å². The Labute approximate surface area is 91.0 Å². The molecular formula is C12H12OSe. The molecule has 0 N–H and O–H groups in total. The van der Waals surface area contributed by atoms with Crippen LogP contribution < -0.4 is 0 Å². The van der Waals surface area contributed by atoms with Gasteiger partial charge in [0.05, 0.1) is 0 Å². The first-order valence-electron chi connectivity index (χ1n) is 4.66. The molecule has 2 rings (SSSR count). The molecule has 1 aliphatic heterocycles. The van der Waals surface area contributed by atoms with Gasteiger partial charge < -0.3 is 0 Å². The van der Waals surface area contributed by atoms with Crippen molar-refractivity contribution in [2.45, 2.75) is 18.3 Å². The van der Waals surface area contributed by atoms with Crippen LogP contribution in [-0.2, 0) is 4.74 Å². The number of aryl methyl sites for hydroxylation is 1. The molecule has 1 heterocycles. The van der Waals surface area contributed by atoms with E-state index in [-0.39, 0.29) is 0 Å². The van der Waals surface area contributed by atoms with Gasteiger partial charge in [-0.25, -0.2) is 0 Å². The van der Waals surface area contributed by atoms with E-state index in [0.717, 1.165) is 17.5 Å². The van der Waals surface area contributed by atoms with Crippen molar-refractivity contribution < 1.29 is 4.74 Å². The molecule has 0 aliphatic carbocycles. The number of rotatable bonds is 2. The predicted octanol–water partition coefficient (Wildman–Crippen LogP) is 1.83. The van der Waals surface area contributed by atoms with Crippen molar-refractivity contribution in [2.75, 3.05) is 6.61 Å². The molecule has 2 heteroatoms. The fourth-order valence-corrected chi connectivity index (χ4v) is 2.40. The zero-order valence-electron chi connectivity index (χ0n) is 8.12. The summed E-state index contributed by atoms with van der Waals surface area (Å²) in [6.45, 7) is 3.04. The summed E-state index contributed by atoms with van der Waals surface area (Å²) >= 11 is 0.423. The number of epoxide rings is 1. The second-order valence-corrected chi connectivity index (χ2v) is 5.09. The van der Waals surface area contributed by atoms with Gasteiger partial charge in [-0.2, -0.15) is 0 Å². The SMILES string of the molecule is Cc1ccc(C#C[Se]CC2CO2)cc1. The number of hydrogen-bond acceptors (Lipinski definition) is 1. The number of benzene rings is 1. The Bertz CT molecular complexity index is 354. The molecule has 1 saturated heterocycles. The van der Waals surface area contributed by atoms with E-state index in [9.17, 15) is 0 Å². The van der Waals surface area contributed by atoms with Crippen LogP contribution in [0.4, 0.5) is 0 Å². The van der Waals surface area contributed by atoms with Crippen molar-refractivity contribution in [3.05, 3.63) is 35.4 Å². The zero-order chi connectivity index (χ0) is 9.80. The van der Waals surface area contributed by atoms with Gasteiger partial charge in [-0.1, -0.05) is 0 Å². The summed E-state index contributed by atoms with van der Waals surface area (Å²) in [5.74, 6) is 3.18. The molecule has 0 aromatic heterocycles. The van der Waals surface area contributed by atoms with Crippen molar-refractivity contribution >= 4 is 15.0 Å². The summed E-state index contributed by atoms with van der Waals surface area (Å²) in [4.78, 5) is 3.22. The van der Waals surface area contributed by atoms with E-state index in [0.29, 0.717) is 21.1 Å². The summed E-state index contributed by atoms with van der Waals surface area (Å²) in [6, 6.07) is 8.35. The minimum atomic E-state index is 0.423. The van der Waals surface area contributed by atoms with E-state index < -0.39 is 0 Å². The van der Waals surface area contributed by atoms with Gasteiger partial charge in [0, 0.05) is 0 Å². The van der Waals surface area contributed by atoms with Crippen molar-refractivity contribution in [2.24, 2.45) is 0 Å². The number of ether oxygens (including phenoxy) is 1. The van der Waals surface area contributed by atoms with Crippen LogP contribution in [0.3, 0.4) is 0 Å². The molecule has 72 valence electrons. The first-order chi connectivity index (χ1) is 6.84. The second-order valence-electron chi connectivity index (χ2n) is 3.36. The van der Waals surface area contributed by atoms with Crippen LogP contribution in [0.1, 0.15) is 11.1 Å². The van der Waals surface area contributed by atoms with Gasteiger partial charge in [0.25, 0.3) is 0 Å². The van der Waals surface area contributed by atoms with Crippen LogP contribution in [0.25, 0.3) is 0 Å². The van der Waals surface area contributed by atoms with Crippen LogP contribution in [-0.4, -0.2) is 27.7 Å². The summed E-state index contributed by atoms with van der Waals surface area (Å²) in [5, 5.41) is 1.14. The first-order valence-corrected chi connectivity index (χ1v) is 6.72. The molecule has 0 radical (unpaired) electrons. The average molecular weight is 251 g/mol. The normalized spacial score (nSPS) is 18.5. The van der Waals surface area contributed by atoms with E-state index in [4.69, 9.17) is 4.74 Å². The Balaban J connectivity index is 1.85. The maximum absolute atomic E-state index is 5.12. The summed E-state index contributed by atoms with van der Waals surface area (Å²) in [7, 11) is 0. The molecule has 0 saturated carbocycles. The molecule has 0 spiro atoms. The Kier molecular flexibility index (Phi) is 3.26. The molecule has 1 fully saturated rings. The topological polar surface area (TPSA) is 12.5 Å². The number of hydrogen-bond donors (Lipinski definition) is 0. The molecule has 1 aromatic rings. The van der Waals surface area contributed by atoms with Gasteiger partial charge >= 0.3 is 90.8 Å². The van der Waals surface area contributed by atoms with Gasteiger partial charge in [-0.15, -0.1) is 0 Å². The average Bonchev–Trinajstić information content (AvgIpc) is 2.99. The van der Waals surface area contributed by atoms with E-state index in [1.165, 1.54) is 5.56 Å². The zero-order valence-corrected chi connectivity index (χ0v) is 9.83. The molecule has 0 bridgehead atoms. The fraction of sp³-hybridized carbons (Fsp3) is 0.333. The summed E-state index contributed by atoms with van der Waals surface area (Å²) in [6.07, 6.45) is 0.530. The Hall–Kier alpha value is -0.741. The third-order valence-corrected chi connectivity index (χ3v) is 3.64. The van der Waals surface area contributed by atoms with Gasteiger partial charge in [-0.05, 0) is 0 Å². The predicted molar refractivity (Wildman–Crippen MR) is 58.4 cm³/mol. The molecule has 1 aliphatic rings. The van der Waals surface area contributed by atoms with E-state index in [1.807, 2.05) is 0 Å². The second kappa shape index (κ2) is 4.66. The maximum atomic E-state index is 5.12. The standard InChI is InChI=1S/C12H12OSe/c1-10-2-4-11(5-3-10)6-7-14-9-12-8-13-12/h2-5,12H,8-9H2,1H3. The minimum absolute atomic E-state index is 0.423. The van der Waals surface area contributed by atoms with Crippen molar-refractivity contribution in [3.8, 4) is 10.7 Å². The van der Waals surface area contributed by atoms with Crippen LogP contribution in [0.15, 0.2) is 24.3 Å². The third-order valence-electron chi connectivity index (χ3n) is 1.99. The van der Waals surface area contributed by atoms with E-state index in [1.54, 1.807) is 0 Å². The summed E-state index contributed by atoms with van der Waals surface area (Å²) < 4.78 is 5.12. The van der Waals surface area contributed by atoms with Crippen LogP contribution in [0.5, 0.6) is 0 Å². The van der Waals surface area contributed by atoms with Gasteiger partial charge in [-0.3, -0.25) is 0 Å². The monoisotopic (exact) mass is 252 g/mol. The van der Waals surface area contributed by atoms with Crippen molar-refractivity contribution in [3.63, 3.8) is 0 Å². The fourth-order valence-electron chi connectivity index (χ4n) is 1.03. The van der Waals surface area contributed by atoms with Crippen LogP contribution >= 0.6 is 0 Å². The summed E-state index contributed by atoms with van der Waals surface area (Å²) in [5.41, 5.74) is 2.40. The van der Waals surface area contributed by atoms with Crippen molar-refractivity contribution in [1.82, 2.24) is 0 Å². The quantitative estimate of drug-likeness (QED) is 0.444. The van der Waals surface area contributed by atoms with E-state index >= 15 is 0 Å². The molecular weight excluding hydrogens is 239 g/mol. The van der Waals surface area contributed by atoms with Crippen LogP contribution in [0.2, 0.25) is 5.32 Å². The third kappa shape index (κ3) is 3.20. The molecule has 1 unspecified atom stereocenters. The Morgan fingerprint density at radius 3 is 2.79 bits per heavy atom. The van der Waals surface area contributed by atoms with Gasteiger partial charge in [0.2, 0.25) is 0 Å². The van der Waals surface area contributed by atoms with Crippen molar-refractivity contribution in [1.29, 1.82) is 0 Å². The molecule has 14 heavy (non-hydrogen) atoms. The molecule has 1 nitrogen and oxygen atoms in total. The van der Waals surface area contributed by atoms with Crippen LogP contribution in [0, 0.1) is 17.7 Å². The molecule has 1 aromatic carbocycles. The van der Waals surface area contributed by atoms with E-state index in [2.05, 4.69) is 41.9 Å². The Morgan fingerprint density at radius 1 is 1.43 bits per heavy atom. The Morgan fingerprint density at radius 2 is 2.14 bits per heavy atom. The first kappa shape index (κ1) is 9.80. The van der Waals surface area contributed by atoms with Gasteiger partial charge in [0.15, 0.2) is 0 Å². The molecule has 1 atom stereocenters.